The molecule has 0 aliphatic heterocycles. The maximum atomic E-state index is 12.2. The van der Waals surface area contributed by atoms with Crippen LogP contribution in [0.1, 0.15) is 35.1 Å². The van der Waals surface area contributed by atoms with Crippen molar-refractivity contribution in [2.75, 3.05) is 0 Å². The summed E-state index contributed by atoms with van der Waals surface area (Å²) in [6.07, 6.45) is -0.952. The lowest BCUT2D eigenvalue weighted by Crippen LogP contribution is -2.37. The number of benzene rings is 1. The maximum absolute atomic E-state index is 12.2. The average molecular weight is 407 g/mol. The van der Waals surface area contributed by atoms with Gasteiger partial charge >= 0.3 is 5.97 Å². The summed E-state index contributed by atoms with van der Waals surface area (Å²) in [5, 5.41) is 3.72. The highest BCUT2D eigenvalue weighted by Gasteiger charge is 2.22. The molecule has 128 valence electrons. The molecule has 0 bridgehead atoms. The van der Waals surface area contributed by atoms with E-state index >= 15 is 0 Å². The van der Waals surface area contributed by atoms with Crippen LogP contribution in [0.5, 0.6) is 0 Å². The molecule has 1 aromatic carbocycles. The first-order valence-electron chi connectivity index (χ1n) is 6.99. The molecule has 1 heterocycles. The monoisotopic (exact) mass is 405 g/mol. The molecule has 8 heteroatoms. The third-order valence-electron chi connectivity index (χ3n) is 3.22. The quantitative estimate of drug-likeness (QED) is 0.700. The number of carbonyl (C=O) groups excluding carboxylic acids is 2. The number of amides is 1. The van der Waals surface area contributed by atoms with E-state index in [9.17, 15) is 9.59 Å². The standard InChI is InChI=1S/C16H14Cl3NO3S/c1-8(11-4-3-10(17)7-12(11)18)20-15(21)9(2)23-16(22)13-5-6-14(19)24-13/h3-9H,1-2H3,(H,20,21)/t8-,9-/m1/s1. The average Bonchev–Trinajstić information content (AvgIpc) is 2.93. The third-order valence-corrected chi connectivity index (χ3v) is 4.99. The zero-order valence-corrected chi connectivity index (χ0v) is 15.9. The highest BCUT2D eigenvalue weighted by atomic mass is 35.5. The molecule has 4 nitrogen and oxygen atoms in total. The van der Waals surface area contributed by atoms with Crippen molar-refractivity contribution in [3.63, 3.8) is 0 Å². The van der Waals surface area contributed by atoms with Crippen LogP contribution in [0, 0.1) is 0 Å². The van der Waals surface area contributed by atoms with Crippen molar-refractivity contribution < 1.29 is 14.3 Å². The Labute approximate surface area is 158 Å². The van der Waals surface area contributed by atoms with Crippen molar-refractivity contribution in [2.24, 2.45) is 0 Å². The first kappa shape index (κ1) is 19.1. The van der Waals surface area contributed by atoms with Gasteiger partial charge in [-0.1, -0.05) is 40.9 Å². The fourth-order valence-electron chi connectivity index (χ4n) is 1.96. The first-order chi connectivity index (χ1) is 11.3. The number of halogens is 3. The molecule has 0 unspecified atom stereocenters. The van der Waals surface area contributed by atoms with Gasteiger partial charge in [-0.15, -0.1) is 11.3 Å². The summed E-state index contributed by atoms with van der Waals surface area (Å²) in [5.41, 5.74) is 0.720. The normalized spacial score (nSPS) is 13.2. The van der Waals surface area contributed by atoms with Gasteiger partial charge in [-0.25, -0.2) is 4.79 Å². The van der Waals surface area contributed by atoms with E-state index in [-0.39, 0.29) is 6.04 Å². The Kier molecular flexibility index (Phi) is 6.52. The second-order valence-electron chi connectivity index (χ2n) is 5.05. The molecule has 0 aliphatic rings. The minimum absolute atomic E-state index is 0.341. The predicted molar refractivity (Wildman–Crippen MR) is 97.2 cm³/mol. The summed E-state index contributed by atoms with van der Waals surface area (Å²) in [7, 11) is 0. The second kappa shape index (κ2) is 8.21. The van der Waals surface area contributed by atoms with Gasteiger partial charge in [0.2, 0.25) is 0 Å². The van der Waals surface area contributed by atoms with Crippen molar-refractivity contribution in [1.29, 1.82) is 0 Å². The first-order valence-corrected chi connectivity index (χ1v) is 8.94. The maximum Gasteiger partial charge on any atom is 0.349 e. The Balaban J connectivity index is 1.96. The smallest absolute Gasteiger partial charge is 0.349 e. The van der Waals surface area contributed by atoms with Gasteiger partial charge in [-0.2, -0.15) is 0 Å². The highest BCUT2D eigenvalue weighted by molar-refractivity contribution is 7.17. The molecule has 24 heavy (non-hydrogen) atoms. The molecule has 0 spiro atoms. The van der Waals surface area contributed by atoms with Crippen molar-refractivity contribution in [3.05, 3.63) is 55.2 Å². The van der Waals surface area contributed by atoms with Crippen LogP contribution in [0.25, 0.3) is 0 Å². The second-order valence-corrected chi connectivity index (χ2v) is 7.61. The molecular formula is C16H14Cl3NO3S. The molecule has 0 aliphatic carbocycles. The van der Waals surface area contributed by atoms with Crippen LogP contribution >= 0.6 is 46.1 Å². The zero-order valence-electron chi connectivity index (χ0n) is 12.8. The van der Waals surface area contributed by atoms with E-state index in [0.29, 0.717) is 19.3 Å². The van der Waals surface area contributed by atoms with E-state index in [2.05, 4.69) is 5.32 Å². The Morgan fingerprint density at radius 3 is 2.42 bits per heavy atom. The van der Waals surface area contributed by atoms with Crippen LogP contribution in [-0.4, -0.2) is 18.0 Å². The van der Waals surface area contributed by atoms with E-state index < -0.39 is 18.0 Å². The number of hydrogen-bond donors (Lipinski definition) is 1. The zero-order chi connectivity index (χ0) is 17.9. The minimum atomic E-state index is -0.952. The van der Waals surface area contributed by atoms with Gasteiger partial charge in [0.25, 0.3) is 5.91 Å². The molecule has 0 radical (unpaired) electrons. The molecule has 1 N–H and O–H groups in total. The van der Waals surface area contributed by atoms with E-state index in [1.165, 1.54) is 6.92 Å². The largest absolute Gasteiger partial charge is 0.448 e. The minimum Gasteiger partial charge on any atom is -0.448 e. The van der Waals surface area contributed by atoms with Crippen molar-refractivity contribution >= 4 is 58.0 Å². The number of nitrogens with one attached hydrogen (secondary N) is 1. The van der Waals surface area contributed by atoms with Crippen LogP contribution in [0.2, 0.25) is 14.4 Å². The molecule has 0 saturated carbocycles. The number of rotatable bonds is 5. The summed E-state index contributed by atoms with van der Waals surface area (Å²) in [6, 6.07) is 7.81. The number of thiophene rings is 1. The van der Waals surface area contributed by atoms with E-state index in [0.717, 1.165) is 16.9 Å². The van der Waals surface area contributed by atoms with E-state index in [4.69, 9.17) is 39.5 Å². The SMILES string of the molecule is C[C@@H](OC(=O)c1ccc(Cl)s1)C(=O)N[C@H](C)c1ccc(Cl)cc1Cl. The lowest BCUT2D eigenvalue weighted by Gasteiger charge is -2.19. The number of hydrogen-bond acceptors (Lipinski definition) is 4. The van der Waals surface area contributed by atoms with Gasteiger partial charge in [0.15, 0.2) is 6.10 Å². The van der Waals surface area contributed by atoms with Crippen LogP contribution < -0.4 is 5.32 Å². The Bertz CT molecular complexity index is 763. The van der Waals surface area contributed by atoms with E-state index in [1.54, 1.807) is 37.3 Å². The van der Waals surface area contributed by atoms with Gasteiger partial charge in [-0.05, 0) is 43.7 Å². The van der Waals surface area contributed by atoms with Gasteiger partial charge in [0.1, 0.15) is 4.88 Å². The number of carbonyl (C=O) groups is 2. The molecule has 2 atom stereocenters. The lowest BCUT2D eigenvalue weighted by atomic mass is 10.1. The molecule has 0 saturated heterocycles. The van der Waals surface area contributed by atoms with Crippen molar-refractivity contribution in [2.45, 2.75) is 26.0 Å². The fourth-order valence-corrected chi connectivity index (χ4v) is 3.46. The Morgan fingerprint density at radius 2 is 1.83 bits per heavy atom. The van der Waals surface area contributed by atoms with Crippen molar-refractivity contribution in [3.8, 4) is 0 Å². The lowest BCUT2D eigenvalue weighted by molar-refractivity contribution is -0.129. The van der Waals surface area contributed by atoms with Crippen LogP contribution in [0.4, 0.5) is 0 Å². The van der Waals surface area contributed by atoms with Gasteiger partial charge in [0, 0.05) is 10.0 Å². The summed E-state index contributed by atoms with van der Waals surface area (Å²) >= 11 is 18.8. The number of ether oxygens (including phenoxy) is 1. The molecular weight excluding hydrogens is 393 g/mol. The predicted octanol–water partition coefficient (Wildman–Crippen LogP) is 5.13. The van der Waals surface area contributed by atoms with Crippen molar-refractivity contribution in [1.82, 2.24) is 5.32 Å². The van der Waals surface area contributed by atoms with Crippen LogP contribution in [0.3, 0.4) is 0 Å². The van der Waals surface area contributed by atoms with E-state index in [1.807, 2.05) is 0 Å². The molecule has 2 aromatic rings. The summed E-state index contributed by atoms with van der Waals surface area (Å²) in [6.45, 7) is 3.28. The van der Waals surface area contributed by atoms with Gasteiger partial charge < -0.3 is 10.1 Å². The van der Waals surface area contributed by atoms with Gasteiger partial charge in [-0.3, -0.25) is 4.79 Å². The third kappa shape index (κ3) is 4.86. The molecule has 1 aromatic heterocycles. The fraction of sp³-hybridized carbons (Fsp3) is 0.250. The Morgan fingerprint density at radius 1 is 1.12 bits per heavy atom. The summed E-state index contributed by atoms with van der Waals surface area (Å²) < 4.78 is 5.62. The topological polar surface area (TPSA) is 55.4 Å². The molecule has 1 amide bonds. The molecule has 2 rings (SSSR count). The highest BCUT2D eigenvalue weighted by Crippen LogP contribution is 2.26. The van der Waals surface area contributed by atoms with Crippen LogP contribution in [0.15, 0.2) is 30.3 Å². The van der Waals surface area contributed by atoms with Crippen LogP contribution in [-0.2, 0) is 9.53 Å². The Hall–Kier alpha value is -1.27. The number of esters is 1. The molecule has 0 fully saturated rings. The van der Waals surface area contributed by atoms with Gasteiger partial charge in [0.05, 0.1) is 10.4 Å². The summed E-state index contributed by atoms with van der Waals surface area (Å²) in [5.74, 6) is -1.02. The summed E-state index contributed by atoms with van der Waals surface area (Å²) in [4.78, 5) is 24.5.